The third-order valence-corrected chi connectivity index (χ3v) is 4.93. The highest BCUT2D eigenvalue weighted by Crippen LogP contribution is 2.34. The van der Waals surface area contributed by atoms with Gasteiger partial charge in [0.25, 0.3) is 5.91 Å². The number of methoxy groups -OCH3 is 1. The maximum atomic E-state index is 12.3. The van der Waals surface area contributed by atoms with Crippen LogP contribution in [0.1, 0.15) is 17.5 Å². The van der Waals surface area contributed by atoms with Crippen LogP contribution in [-0.2, 0) is 11.2 Å². The second kappa shape index (κ2) is 8.37. The Kier molecular flexibility index (Phi) is 6.48. The van der Waals surface area contributed by atoms with Crippen molar-refractivity contribution in [2.45, 2.75) is 13.3 Å². The topological polar surface area (TPSA) is 87.9 Å². The minimum Gasteiger partial charge on any atom is -0.495 e. The van der Waals surface area contributed by atoms with Gasteiger partial charge < -0.3 is 4.74 Å². The first-order valence-electron chi connectivity index (χ1n) is 6.77. The number of nitriles is 1. The van der Waals surface area contributed by atoms with Gasteiger partial charge in [0.15, 0.2) is 0 Å². The van der Waals surface area contributed by atoms with E-state index in [0.29, 0.717) is 20.9 Å². The van der Waals surface area contributed by atoms with E-state index < -0.39 is 5.91 Å². The number of aromatic nitrogens is 2. The summed E-state index contributed by atoms with van der Waals surface area (Å²) in [6.45, 7) is 1.95. The Bertz CT molecular complexity index is 842. The molecule has 124 valence electrons. The highest BCUT2D eigenvalue weighted by molar-refractivity contribution is 9.11. The second-order valence-electron chi connectivity index (χ2n) is 4.49. The molecule has 6 nitrogen and oxygen atoms in total. The Hall–Kier alpha value is -1.76. The fraction of sp³-hybridized carbons (Fsp3) is 0.200. The molecule has 9 heteroatoms. The fourth-order valence-electron chi connectivity index (χ4n) is 1.82. The standard InChI is InChI=1S/C15H12Br2N4O2S/c1-3-12-20-21-15(24-12)19-14(22)9(7-18)4-8-5-10(16)6-11(17)13(8)23-2/h4-6H,3H2,1-2H3,(H,19,21,22). The third kappa shape index (κ3) is 4.41. The summed E-state index contributed by atoms with van der Waals surface area (Å²) in [5.41, 5.74) is 0.531. The van der Waals surface area contributed by atoms with Crippen LogP contribution >= 0.6 is 43.2 Å². The van der Waals surface area contributed by atoms with Gasteiger partial charge in [-0.25, -0.2) is 0 Å². The van der Waals surface area contributed by atoms with E-state index in [-0.39, 0.29) is 5.57 Å². The van der Waals surface area contributed by atoms with Crippen LogP contribution in [-0.4, -0.2) is 23.2 Å². The van der Waals surface area contributed by atoms with Gasteiger partial charge in [0.2, 0.25) is 5.13 Å². The lowest BCUT2D eigenvalue weighted by Gasteiger charge is -2.09. The molecule has 0 radical (unpaired) electrons. The number of amides is 1. The van der Waals surface area contributed by atoms with Crippen LogP contribution in [0.2, 0.25) is 0 Å². The van der Waals surface area contributed by atoms with Crippen LogP contribution in [0, 0.1) is 11.3 Å². The van der Waals surface area contributed by atoms with E-state index >= 15 is 0 Å². The fourth-order valence-corrected chi connectivity index (χ4v) is 3.91. The smallest absolute Gasteiger partial charge is 0.268 e. The predicted molar refractivity (Wildman–Crippen MR) is 99.9 cm³/mol. The molecule has 0 bridgehead atoms. The van der Waals surface area contributed by atoms with Crippen molar-refractivity contribution in [2.24, 2.45) is 0 Å². The highest BCUT2D eigenvalue weighted by Gasteiger charge is 2.15. The molecule has 1 aromatic heterocycles. The van der Waals surface area contributed by atoms with Crippen LogP contribution in [0.25, 0.3) is 6.08 Å². The van der Waals surface area contributed by atoms with Gasteiger partial charge >= 0.3 is 0 Å². The normalized spacial score (nSPS) is 11.0. The van der Waals surface area contributed by atoms with Gasteiger partial charge in [-0.2, -0.15) is 5.26 Å². The van der Waals surface area contributed by atoms with Crippen molar-refractivity contribution < 1.29 is 9.53 Å². The average Bonchev–Trinajstić information content (AvgIpc) is 2.99. The van der Waals surface area contributed by atoms with Crippen molar-refractivity contribution in [1.29, 1.82) is 5.26 Å². The molecule has 0 aliphatic carbocycles. The molecular formula is C15H12Br2N4O2S. The van der Waals surface area contributed by atoms with Gasteiger partial charge in [0, 0.05) is 10.0 Å². The number of carbonyl (C=O) groups is 1. The zero-order chi connectivity index (χ0) is 17.7. The van der Waals surface area contributed by atoms with E-state index in [0.717, 1.165) is 15.9 Å². The molecule has 0 spiro atoms. The maximum Gasteiger partial charge on any atom is 0.268 e. The number of ether oxygens (including phenoxy) is 1. The van der Waals surface area contributed by atoms with Crippen LogP contribution in [0.5, 0.6) is 5.75 Å². The first kappa shape index (κ1) is 18.6. The molecule has 2 rings (SSSR count). The van der Waals surface area contributed by atoms with Crippen molar-refractivity contribution in [3.8, 4) is 11.8 Å². The van der Waals surface area contributed by atoms with E-state index in [1.54, 1.807) is 6.07 Å². The Morgan fingerprint density at radius 1 is 1.46 bits per heavy atom. The molecule has 0 aliphatic rings. The number of rotatable bonds is 5. The van der Waals surface area contributed by atoms with E-state index in [1.807, 2.05) is 19.1 Å². The summed E-state index contributed by atoms with van der Waals surface area (Å²) in [7, 11) is 1.52. The molecule has 1 aromatic carbocycles. The molecule has 0 fully saturated rings. The first-order chi connectivity index (χ1) is 11.5. The molecule has 2 aromatic rings. The molecule has 0 atom stereocenters. The van der Waals surface area contributed by atoms with E-state index in [2.05, 4.69) is 47.4 Å². The minimum atomic E-state index is -0.547. The van der Waals surface area contributed by atoms with Crippen molar-refractivity contribution in [3.63, 3.8) is 0 Å². The van der Waals surface area contributed by atoms with Gasteiger partial charge in [-0.1, -0.05) is 34.2 Å². The number of nitrogens with one attached hydrogen (secondary N) is 1. The predicted octanol–water partition coefficient (Wildman–Crippen LogP) is 4.18. The number of halogens is 2. The summed E-state index contributed by atoms with van der Waals surface area (Å²) in [5.74, 6) is -0.0163. The van der Waals surface area contributed by atoms with Crippen molar-refractivity contribution in [3.05, 3.63) is 37.2 Å². The maximum absolute atomic E-state index is 12.3. The lowest BCUT2D eigenvalue weighted by molar-refractivity contribution is -0.112. The van der Waals surface area contributed by atoms with E-state index in [9.17, 15) is 10.1 Å². The number of hydrogen-bond donors (Lipinski definition) is 1. The Labute approximate surface area is 159 Å². The Balaban J connectivity index is 2.32. The summed E-state index contributed by atoms with van der Waals surface area (Å²) in [5, 5.41) is 20.9. The second-order valence-corrected chi connectivity index (χ2v) is 7.32. The molecule has 1 N–H and O–H groups in total. The van der Waals surface area contributed by atoms with Gasteiger partial charge in [-0.15, -0.1) is 10.2 Å². The van der Waals surface area contributed by atoms with Crippen molar-refractivity contribution in [2.75, 3.05) is 12.4 Å². The molecule has 0 aliphatic heterocycles. The number of carbonyl (C=O) groups excluding carboxylic acids is 1. The summed E-state index contributed by atoms with van der Waals surface area (Å²) in [6, 6.07) is 5.47. The highest BCUT2D eigenvalue weighted by atomic mass is 79.9. The summed E-state index contributed by atoms with van der Waals surface area (Å²) < 4.78 is 6.81. The van der Waals surface area contributed by atoms with Gasteiger partial charge in [-0.3, -0.25) is 10.1 Å². The Morgan fingerprint density at radius 2 is 2.21 bits per heavy atom. The van der Waals surface area contributed by atoms with Crippen LogP contribution in [0.4, 0.5) is 5.13 Å². The minimum absolute atomic E-state index is 0.0634. The first-order valence-corrected chi connectivity index (χ1v) is 9.17. The van der Waals surface area contributed by atoms with Gasteiger partial charge in [0.05, 0.1) is 11.6 Å². The van der Waals surface area contributed by atoms with Crippen LogP contribution in [0.3, 0.4) is 0 Å². The van der Waals surface area contributed by atoms with E-state index in [4.69, 9.17) is 4.74 Å². The van der Waals surface area contributed by atoms with Crippen LogP contribution in [0.15, 0.2) is 26.7 Å². The number of hydrogen-bond acceptors (Lipinski definition) is 6. The molecule has 0 saturated carbocycles. The summed E-state index contributed by atoms with van der Waals surface area (Å²) >= 11 is 8.04. The third-order valence-electron chi connectivity index (χ3n) is 2.90. The quantitative estimate of drug-likeness (QED) is 0.522. The van der Waals surface area contributed by atoms with Crippen LogP contribution < -0.4 is 10.1 Å². The Morgan fingerprint density at radius 3 is 2.79 bits per heavy atom. The van der Waals surface area contributed by atoms with E-state index in [1.165, 1.54) is 24.5 Å². The zero-order valence-electron chi connectivity index (χ0n) is 12.8. The molecule has 0 saturated heterocycles. The molecular weight excluding hydrogens is 460 g/mol. The molecule has 1 amide bonds. The lowest BCUT2D eigenvalue weighted by Crippen LogP contribution is -2.13. The lowest BCUT2D eigenvalue weighted by atomic mass is 10.1. The van der Waals surface area contributed by atoms with Crippen molar-refractivity contribution >= 4 is 60.3 Å². The summed E-state index contributed by atoms with van der Waals surface area (Å²) in [4.78, 5) is 12.3. The SMILES string of the molecule is CCc1nnc(NC(=O)C(C#N)=Cc2cc(Br)cc(Br)c2OC)s1. The zero-order valence-corrected chi connectivity index (χ0v) is 16.7. The molecule has 0 unspecified atom stereocenters. The number of aryl methyl sites for hydroxylation is 1. The van der Waals surface area contributed by atoms with Crippen molar-refractivity contribution in [1.82, 2.24) is 10.2 Å². The number of benzene rings is 1. The van der Waals surface area contributed by atoms with Gasteiger partial charge in [-0.05, 0) is 40.6 Å². The van der Waals surface area contributed by atoms with Gasteiger partial charge in [0.1, 0.15) is 22.4 Å². The monoisotopic (exact) mass is 470 g/mol. The number of anilines is 1. The largest absolute Gasteiger partial charge is 0.495 e. The molecule has 1 heterocycles. The summed E-state index contributed by atoms with van der Waals surface area (Å²) in [6.07, 6.45) is 2.20. The number of nitrogens with zero attached hydrogens (tertiary/aromatic N) is 3. The average molecular weight is 472 g/mol. The molecule has 24 heavy (non-hydrogen) atoms.